The first kappa shape index (κ1) is 16.0. The molecule has 2 aliphatic rings. The number of nitrogens with one attached hydrogen (secondary N) is 1. The minimum Gasteiger partial charge on any atom is -0.331 e. The van der Waals surface area contributed by atoms with Crippen LogP contribution in [0.1, 0.15) is 20.3 Å². The van der Waals surface area contributed by atoms with Crippen LogP contribution in [-0.2, 0) is 9.59 Å². The molecule has 0 spiro atoms. The Hall–Kier alpha value is -1.88. The van der Waals surface area contributed by atoms with E-state index in [-0.39, 0.29) is 23.8 Å². The van der Waals surface area contributed by atoms with Crippen LogP contribution in [0.3, 0.4) is 0 Å². The van der Waals surface area contributed by atoms with E-state index in [1.165, 1.54) is 0 Å². The minimum absolute atomic E-state index is 0.0187. The molecule has 5 nitrogen and oxygen atoms in total. The van der Waals surface area contributed by atoms with Gasteiger partial charge in [0.05, 0.1) is 0 Å². The van der Waals surface area contributed by atoms with Crippen molar-refractivity contribution in [2.24, 2.45) is 11.8 Å². The van der Waals surface area contributed by atoms with E-state index in [0.29, 0.717) is 25.4 Å². The normalized spacial score (nSPS) is 22.8. The standard InChI is InChI=1S/C18H25N3O2/c1-3-20(17(22)13(2)14-11-19-12-14)16-9-10-21(18(16)23)15-7-5-4-6-8-15/h4-8,13-14,16,19H,3,9-12H2,1-2H3. The van der Waals surface area contributed by atoms with E-state index in [9.17, 15) is 9.59 Å². The van der Waals surface area contributed by atoms with E-state index in [0.717, 1.165) is 18.8 Å². The van der Waals surface area contributed by atoms with Gasteiger partial charge in [-0.15, -0.1) is 0 Å². The highest BCUT2D eigenvalue weighted by atomic mass is 16.2. The number of likely N-dealkylation sites (N-methyl/N-ethyl adjacent to an activating group) is 1. The quantitative estimate of drug-likeness (QED) is 0.896. The first-order valence-corrected chi connectivity index (χ1v) is 8.51. The zero-order chi connectivity index (χ0) is 16.4. The topological polar surface area (TPSA) is 52.7 Å². The summed E-state index contributed by atoms with van der Waals surface area (Å²) in [7, 11) is 0. The summed E-state index contributed by atoms with van der Waals surface area (Å²) >= 11 is 0. The van der Waals surface area contributed by atoms with Crippen molar-refractivity contribution in [3.05, 3.63) is 30.3 Å². The molecule has 2 aliphatic heterocycles. The van der Waals surface area contributed by atoms with Crippen LogP contribution in [0.25, 0.3) is 0 Å². The van der Waals surface area contributed by atoms with Crippen LogP contribution in [0.5, 0.6) is 0 Å². The van der Waals surface area contributed by atoms with Crippen molar-refractivity contribution in [3.8, 4) is 0 Å². The lowest BCUT2D eigenvalue weighted by Gasteiger charge is -2.36. The van der Waals surface area contributed by atoms with Gasteiger partial charge in [0.15, 0.2) is 0 Å². The molecule has 2 saturated heterocycles. The Bertz CT molecular complexity index is 571. The molecule has 1 aromatic rings. The highest BCUT2D eigenvalue weighted by molar-refractivity contribution is 6.01. The molecule has 23 heavy (non-hydrogen) atoms. The van der Waals surface area contributed by atoms with Gasteiger partial charge in [0.2, 0.25) is 11.8 Å². The summed E-state index contributed by atoms with van der Waals surface area (Å²) in [5.74, 6) is 0.547. The fourth-order valence-electron chi connectivity index (χ4n) is 3.48. The second-order valence-electron chi connectivity index (χ2n) is 6.46. The predicted octanol–water partition coefficient (Wildman–Crippen LogP) is 1.50. The predicted molar refractivity (Wildman–Crippen MR) is 90.1 cm³/mol. The van der Waals surface area contributed by atoms with E-state index in [1.54, 1.807) is 9.80 Å². The van der Waals surface area contributed by atoms with Crippen LogP contribution in [0.15, 0.2) is 30.3 Å². The number of hydrogen-bond donors (Lipinski definition) is 1. The van der Waals surface area contributed by atoms with Crippen LogP contribution in [-0.4, -0.2) is 48.9 Å². The van der Waals surface area contributed by atoms with Crippen molar-refractivity contribution < 1.29 is 9.59 Å². The third kappa shape index (κ3) is 2.98. The summed E-state index contributed by atoms with van der Waals surface area (Å²) in [5.41, 5.74) is 0.916. The molecule has 0 radical (unpaired) electrons. The van der Waals surface area contributed by atoms with Gasteiger partial charge in [-0.25, -0.2) is 0 Å². The molecular formula is C18H25N3O2. The molecule has 1 N–H and O–H groups in total. The van der Waals surface area contributed by atoms with Gasteiger partial charge in [0, 0.05) is 24.7 Å². The Morgan fingerprint density at radius 1 is 1.35 bits per heavy atom. The molecule has 5 heteroatoms. The summed E-state index contributed by atoms with van der Waals surface area (Å²) in [6.07, 6.45) is 0.711. The molecule has 2 atom stereocenters. The Balaban J connectivity index is 1.72. The average Bonchev–Trinajstić information content (AvgIpc) is 2.89. The Morgan fingerprint density at radius 2 is 2.04 bits per heavy atom. The van der Waals surface area contributed by atoms with Crippen LogP contribution in [0.4, 0.5) is 5.69 Å². The Morgan fingerprint density at radius 3 is 2.61 bits per heavy atom. The summed E-state index contributed by atoms with van der Waals surface area (Å²) in [5, 5.41) is 3.21. The van der Waals surface area contributed by atoms with Crippen LogP contribution >= 0.6 is 0 Å². The minimum atomic E-state index is -0.316. The maximum Gasteiger partial charge on any atom is 0.249 e. The van der Waals surface area contributed by atoms with Crippen molar-refractivity contribution >= 4 is 17.5 Å². The zero-order valence-corrected chi connectivity index (χ0v) is 13.9. The smallest absolute Gasteiger partial charge is 0.249 e. The number of nitrogens with zero attached hydrogens (tertiary/aromatic N) is 2. The number of carbonyl (C=O) groups is 2. The van der Waals surface area contributed by atoms with E-state index < -0.39 is 0 Å². The van der Waals surface area contributed by atoms with Crippen LogP contribution in [0, 0.1) is 11.8 Å². The molecule has 0 bridgehead atoms. The fraction of sp³-hybridized carbons (Fsp3) is 0.556. The third-order valence-electron chi connectivity index (χ3n) is 5.15. The molecule has 2 fully saturated rings. The molecule has 0 saturated carbocycles. The van der Waals surface area contributed by atoms with Crippen molar-refractivity contribution in [2.75, 3.05) is 31.1 Å². The van der Waals surface area contributed by atoms with Gasteiger partial charge < -0.3 is 15.1 Å². The molecule has 2 heterocycles. The van der Waals surface area contributed by atoms with Gasteiger partial charge in [0.25, 0.3) is 0 Å². The van der Waals surface area contributed by atoms with Gasteiger partial charge in [0.1, 0.15) is 6.04 Å². The number of carbonyl (C=O) groups excluding carboxylic acids is 2. The zero-order valence-electron chi connectivity index (χ0n) is 13.9. The summed E-state index contributed by atoms with van der Waals surface area (Å²) in [6, 6.07) is 9.39. The summed E-state index contributed by atoms with van der Waals surface area (Å²) < 4.78 is 0. The molecule has 0 aromatic heterocycles. The SMILES string of the molecule is CCN(C(=O)C(C)C1CNC1)C1CCN(c2ccccc2)C1=O. The van der Waals surface area contributed by atoms with Gasteiger partial charge in [-0.05, 0) is 44.5 Å². The lowest BCUT2D eigenvalue weighted by Crippen LogP contribution is -2.53. The lowest BCUT2D eigenvalue weighted by molar-refractivity contribution is -0.143. The number of rotatable bonds is 5. The molecule has 0 aliphatic carbocycles. The summed E-state index contributed by atoms with van der Waals surface area (Å²) in [4.78, 5) is 29.2. The molecule has 2 amide bonds. The van der Waals surface area contributed by atoms with Gasteiger partial charge in [-0.3, -0.25) is 9.59 Å². The fourth-order valence-corrected chi connectivity index (χ4v) is 3.48. The van der Waals surface area contributed by atoms with Crippen molar-refractivity contribution in [1.82, 2.24) is 10.2 Å². The molecule has 3 rings (SSSR count). The summed E-state index contributed by atoms with van der Waals surface area (Å²) in [6.45, 7) is 7.02. The second kappa shape index (κ2) is 6.71. The maximum absolute atomic E-state index is 12.8. The van der Waals surface area contributed by atoms with Crippen LogP contribution in [0.2, 0.25) is 0 Å². The number of hydrogen-bond acceptors (Lipinski definition) is 3. The number of para-hydroxylation sites is 1. The maximum atomic E-state index is 12.8. The van der Waals surface area contributed by atoms with Gasteiger partial charge in [-0.1, -0.05) is 25.1 Å². The molecular weight excluding hydrogens is 290 g/mol. The van der Waals surface area contributed by atoms with E-state index in [4.69, 9.17) is 0 Å². The van der Waals surface area contributed by atoms with E-state index in [2.05, 4.69) is 5.32 Å². The monoisotopic (exact) mass is 315 g/mol. The largest absolute Gasteiger partial charge is 0.331 e. The van der Waals surface area contributed by atoms with E-state index in [1.807, 2.05) is 44.2 Å². The first-order chi connectivity index (χ1) is 11.1. The second-order valence-corrected chi connectivity index (χ2v) is 6.46. The van der Waals surface area contributed by atoms with Crippen molar-refractivity contribution in [2.45, 2.75) is 26.3 Å². The lowest BCUT2D eigenvalue weighted by atomic mass is 9.87. The molecule has 1 aromatic carbocycles. The van der Waals surface area contributed by atoms with Crippen LogP contribution < -0.4 is 10.2 Å². The number of anilines is 1. The van der Waals surface area contributed by atoms with Crippen molar-refractivity contribution in [3.63, 3.8) is 0 Å². The van der Waals surface area contributed by atoms with E-state index >= 15 is 0 Å². The van der Waals surface area contributed by atoms with Crippen molar-refractivity contribution in [1.29, 1.82) is 0 Å². The first-order valence-electron chi connectivity index (χ1n) is 8.51. The Labute approximate surface area is 137 Å². The Kier molecular flexibility index (Phi) is 4.66. The highest BCUT2D eigenvalue weighted by Gasteiger charge is 2.41. The number of amides is 2. The molecule has 2 unspecified atom stereocenters. The molecule has 124 valence electrons. The number of benzene rings is 1. The average molecular weight is 315 g/mol. The van der Waals surface area contributed by atoms with Gasteiger partial charge >= 0.3 is 0 Å². The highest BCUT2D eigenvalue weighted by Crippen LogP contribution is 2.26. The third-order valence-corrected chi connectivity index (χ3v) is 5.15. The van der Waals surface area contributed by atoms with Gasteiger partial charge in [-0.2, -0.15) is 0 Å².